The number of nitrogens with zero attached hydrogens (tertiary/aromatic N) is 2. The van der Waals surface area contributed by atoms with Crippen LogP contribution in [0.4, 0.5) is 18.9 Å². The molecule has 0 saturated carbocycles. The first kappa shape index (κ1) is 36.8. The summed E-state index contributed by atoms with van der Waals surface area (Å²) in [6, 6.07) is 23.4. The van der Waals surface area contributed by atoms with Gasteiger partial charge in [-0.15, -0.1) is 0 Å². The van der Waals surface area contributed by atoms with Crippen LogP contribution in [0, 0.1) is 0 Å². The highest BCUT2D eigenvalue weighted by Gasteiger charge is 2.37. The van der Waals surface area contributed by atoms with Crippen LogP contribution in [0.1, 0.15) is 37.0 Å². The van der Waals surface area contributed by atoms with Gasteiger partial charge in [0.25, 0.3) is 10.0 Å². The first-order valence-electron chi connectivity index (χ1n) is 15.0. The molecule has 48 heavy (non-hydrogen) atoms. The molecule has 0 fully saturated rings. The predicted octanol–water partition coefficient (Wildman–Crippen LogP) is 7.76. The van der Waals surface area contributed by atoms with Gasteiger partial charge in [0.05, 0.1) is 21.2 Å². The van der Waals surface area contributed by atoms with Gasteiger partial charge < -0.3 is 10.2 Å². The second kappa shape index (κ2) is 15.9. The summed E-state index contributed by atoms with van der Waals surface area (Å²) in [4.78, 5) is 29.4. The molecule has 2 atom stereocenters. The van der Waals surface area contributed by atoms with E-state index in [4.69, 9.17) is 23.2 Å². The summed E-state index contributed by atoms with van der Waals surface area (Å²) in [6.45, 7) is 2.56. The number of hydrogen-bond donors (Lipinski definition) is 1. The molecule has 2 amide bonds. The normalized spacial score (nSPS) is 13.0. The van der Waals surface area contributed by atoms with Gasteiger partial charge in [-0.3, -0.25) is 13.9 Å². The molecule has 0 radical (unpaired) electrons. The zero-order valence-corrected chi connectivity index (χ0v) is 28.5. The van der Waals surface area contributed by atoms with Crippen LogP contribution < -0.4 is 9.62 Å². The topological polar surface area (TPSA) is 86.8 Å². The lowest BCUT2D eigenvalue weighted by Gasteiger charge is -2.34. The Morgan fingerprint density at radius 3 is 2.08 bits per heavy atom. The van der Waals surface area contributed by atoms with Gasteiger partial charge in [-0.05, 0) is 66.9 Å². The molecule has 0 aliphatic carbocycles. The molecule has 4 aromatic rings. The van der Waals surface area contributed by atoms with Crippen molar-refractivity contribution in [2.75, 3.05) is 10.8 Å². The number of nitrogens with one attached hydrogen (secondary N) is 1. The SMILES string of the molecule is CC[C@H](C)NC(=O)[C@H](Cc1ccccc1)N(Cc1cccc(Cl)c1)C(=O)CN(c1cc(C(F)(F)F)ccc1Cl)S(=O)(=O)c1ccccc1. The van der Waals surface area contributed by atoms with E-state index in [0.717, 1.165) is 17.7 Å². The second-order valence-corrected chi connectivity index (χ2v) is 13.9. The fourth-order valence-corrected chi connectivity index (χ4v) is 6.87. The van der Waals surface area contributed by atoms with E-state index < -0.39 is 51.9 Å². The number of halogens is 5. The number of rotatable bonds is 13. The van der Waals surface area contributed by atoms with E-state index >= 15 is 0 Å². The molecule has 7 nitrogen and oxygen atoms in total. The zero-order chi connectivity index (χ0) is 35.1. The molecule has 0 saturated heterocycles. The van der Waals surface area contributed by atoms with Gasteiger partial charge in [-0.25, -0.2) is 8.42 Å². The van der Waals surface area contributed by atoms with Gasteiger partial charge in [-0.1, -0.05) is 90.8 Å². The van der Waals surface area contributed by atoms with Crippen molar-refractivity contribution in [2.45, 2.75) is 56.4 Å². The molecule has 0 unspecified atom stereocenters. The molecular formula is C35H34Cl2F3N3O4S. The van der Waals surface area contributed by atoms with Gasteiger partial charge in [-0.2, -0.15) is 13.2 Å². The fraction of sp³-hybridized carbons (Fsp3) is 0.257. The van der Waals surface area contributed by atoms with Crippen molar-refractivity contribution in [1.29, 1.82) is 0 Å². The maximum absolute atomic E-state index is 14.5. The fourth-order valence-electron chi connectivity index (χ4n) is 4.94. The Morgan fingerprint density at radius 2 is 1.48 bits per heavy atom. The number of amides is 2. The molecule has 0 aromatic heterocycles. The Labute approximate surface area is 288 Å². The Kier molecular flexibility index (Phi) is 12.2. The summed E-state index contributed by atoms with van der Waals surface area (Å²) in [5, 5.41) is 2.96. The Hall–Kier alpha value is -4.06. The average molecular weight is 721 g/mol. The maximum atomic E-state index is 14.5. The minimum absolute atomic E-state index is 0.0607. The van der Waals surface area contributed by atoms with Crippen molar-refractivity contribution in [3.8, 4) is 0 Å². The lowest BCUT2D eigenvalue weighted by molar-refractivity contribution is -0.140. The quantitative estimate of drug-likeness (QED) is 0.153. The molecular weight excluding hydrogens is 686 g/mol. The van der Waals surface area contributed by atoms with Gasteiger partial charge in [0.2, 0.25) is 11.8 Å². The largest absolute Gasteiger partial charge is 0.416 e. The van der Waals surface area contributed by atoms with Crippen LogP contribution in [-0.2, 0) is 38.8 Å². The number of carbonyl (C=O) groups excluding carboxylic acids is 2. The third-order valence-corrected chi connectivity index (χ3v) is 9.99. The van der Waals surface area contributed by atoms with Crippen LogP contribution in [0.5, 0.6) is 0 Å². The number of anilines is 1. The minimum atomic E-state index is -4.83. The van der Waals surface area contributed by atoms with Crippen LogP contribution >= 0.6 is 23.2 Å². The van der Waals surface area contributed by atoms with Gasteiger partial charge in [0.1, 0.15) is 12.6 Å². The monoisotopic (exact) mass is 719 g/mol. The van der Waals surface area contributed by atoms with Crippen LogP contribution in [0.25, 0.3) is 0 Å². The maximum Gasteiger partial charge on any atom is 0.416 e. The standard InChI is InChI=1S/C35H34Cl2F3N3O4S/c1-3-24(2)41-34(45)32(20-25-11-6-4-7-12-25)42(22-26-13-10-14-28(36)19-26)33(44)23-43(48(46,47)29-15-8-5-9-16-29)31-21-27(35(38,39)40)17-18-30(31)37/h4-19,21,24,32H,3,20,22-23H2,1-2H3,(H,41,45)/t24-,32-/m0/s1. The molecule has 4 rings (SSSR count). The highest BCUT2D eigenvalue weighted by Crippen LogP contribution is 2.37. The number of carbonyl (C=O) groups is 2. The summed E-state index contributed by atoms with van der Waals surface area (Å²) < 4.78 is 70.3. The van der Waals surface area contributed by atoms with Crippen molar-refractivity contribution < 1.29 is 31.2 Å². The van der Waals surface area contributed by atoms with Crippen LogP contribution in [0.15, 0.2) is 108 Å². The smallest absolute Gasteiger partial charge is 0.352 e. The third kappa shape index (κ3) is 9.30. The number of benzene rings is 4. The van der Waals surface area contributed by atoms with Crippen molar-refractivity contribution in [2.24, 2.45) is 0 Å². The molecule has 254 valence electrons. The first-order chi connectivity index (χ1) is 22.7. The van der Waals surface area contributed by atoms with E-state index in [0.29, 0.717) is 27.4 Å². The molecule has 4 aromatic carbocycles. The van der Waals surface area contributed by atoms with Crippen molar-refractivity contribution in [3.05, 3.63) is 130 Å². The van der Waals surface area contributed by atoms with Crippen molar-refractivity contribution in [3.63, 3.8) is 0 Å². The van der Waals surface area contributed by atoms with Crippen LogP contribution in [0.3, 0.4) is 0 Å². The number of alkyl halides is 3. The van der Waals surface area contributed by atoms with Crippen molar-refractivity contribution >= 4 is 50.7 Å². The van der Waals surface area contributed by atoms with E-state index in [1.807, 2.05) is 13.8 Å². The van der Waals surface area contributed by atoms with Gasteiger partial charge in [0.15, 0.2) is 0 Å². The van der Waals surface area contributed by atoms with Crippen molar-refractivity contribution in [1.82, 2.24) is 10.2 Å². The number of sulfonamides is 1. The first-order valence-corrected chi connectivity index (χ1v) is 17.2. The molecule has 0 heterocycles. The highest BCUT2D eigenvalue weighted by atomic mass is 35.5. The molecule has 0 bridgehead atoms. The molecule has 0 aliphatic heterocycles. The van der Waals surface area contributed by atoms with Gasteiger partial charge >= 0.3 is 6.18 Å². The average Bonchev–Trinajstić information content (AvgIpc) is 3.05. The molecule has 0 aliphatic rings. The summed E-state index contributed by atoms with van der Waals surface area (Å²) in [6.07, 6.45) is -4.17. The Balaban J connectivity index is 1.87. The van der Waals surface area contributed by atoms with Crippen LogP contribution in [-0.4, -0.2) is 43.8 Å². The van der Waals surface area contributed by atoms with E-state index in [-0.39, 0.29) is 28.9 Å². The second-order valence-electron chi connectivity index (χ2n) is 11.2. The Morgan fingerprint density at radius 1 is 0.854 bits per heavy atom. The lowest BCUT2D eigenvalue weighted by Crippen LogP contribution is -2.54. The van der Waals surface area contributed by atoms with E-state index in [9.17, 15) is 31.2 Å². The number of hydrogen-bond acceptors (Lipinski definition) is 4. The highest BCUT2D eigenvalue weighted by molar-refractivity contribution is 7.92. The Bertz CT molecular complexity index is 1830. The summed E-state index contributed by atoms with van der Waals surface area (Å²) >= 11 is 12.6. The summed E-state index contributed by atoms with van der Waals surface area (Å²) in [5.41, 5.74) is -0.441. The van der Waals surface area contributed by atoms with Crippen LogP contribution in [0.2, 0.25) is 10.0 Å². The van der Waals surface area contributed by atoms with Gasteiger partial charge in [0, 0.05) is 24.0 Å². The minimum Gasteiger partial charge on any atom is -0.352 e. The zero-order valence-electron chi connectivity index (χ0n) is 26.1. The third-order valence-electron chi connectivity index (χ3n) is 7.67. The molecule has 13 heteroatoms. The van der Waals surface area contributed by atoms with E-state index in [1.165, 1.54) is 29.2 Å². The predicted molar refractivity (Wildman–Crippen MR) is 181 cm³/mol. The molecule has 0 spiro atoms. The lowest BCUT2D eigenvalue weighted by atomic mass is 10.0. The summed E-state index contributed by atoms with van der Waals surface area (Å²) in [7, 11) is -4.66. The van der Waals surface area contributed by atoms with E-state index in [2.05, 4.69) is 5.32 Å². The van der Waals surface area contributed by atoms with E-state index in [1.54, 1.807) is 60.7 Å². The molecule has 1 N–H and O–H groups in total. The summed E-state index contributed by atoms with van der Waals surface area (Å²) in [5.74, 6) is -1.35.